The maximum absolute atomic E-state index is 13.2. The number of nitrogens with zero attached hydrogens (tertiary/aromatic N) is 2. The molecule has 0 bridgehead atoms. The third kappa shape index (κ3) is 5.65. The van der Waals surface area contributed by atoms with Gasteiger partial charge in [-0.25, -0.2) is 9.69 Å². The van der Waals surface area contributed by atoms with E-state index >= 15 is 0 Å². The first-order chi connectivity index (χ1) is 17.9. The first kappa shape index (κ1) is 26.4. The Bertz CT molecular complexity index is 1490. The summed E-state index contributed by atoms with van der Waals surface area (Å²) in [7, 11) is 0. The average molecular weight is 546 g/mol. The van der Waals surface area contributed by atoms with Gasteiger partial charge in [-0.05, 0) is 59.7 Å². The van der Waals surface area contributed by atoms with Crippen LogP contribution >= 0.6 is 11.6 Å². The second-order valence-electron chi connectivity index (χ2n) is 7.91. The van der Waals surface area contributed by atoms with Crippen LogP contribution in [0.3, 0.4) is 0 Å². The number of imide groups is 2. The highest BCUT2D eigenvalue weighted by molar-refractivity contribution is 6.42. The van der Waals surface area contributed by atoms with E-state index in [0.29, 0.717) is 33.9 Å². The van der Waals surface area contributed by atoms with Gasteiger partial charge in [-0.2, -0.15) is 13.2 Å². The van der Waals surface area contributed by atoms with Crippen molar-refractivity contribution >= 4 is 46.9 Å². The number of hydrogen-bond acceptors (Lipinski definition) is 6. The molecule has 0 spiro atoms. The molecular weight excluding hydrogens is 531 g/mol. The third-order valence-corrected chi connectivity index (χ3v) is 5.66. The van der Waals surface area contributed by atoms with Crippen LogP contribution in [-0.4, -0.2) is 22.8 Å². The van der Waals surface area contributed by atoms with Gasteiger partial charge < -0.3 is 4.74 Å². The summed E-state index contributed by atoms with van der Waals surface area (Å²) in [5, 5.41) is 12.4. The highest BCUT2D eigenvalue weighted by Gasteiger charge is 2.39. The molecule has 1 heterocycles. The fraction of sp³-hybridized carbons (Fsp3) is 0.0800. The molecule has 0 radical (unpaired) electrons. The number of ether oxygens (including phenoxy) is 1. The van der Waals surface area contributed by atoms with Crippen molar-refractivity contribution < 1.29 is 37.2 Å². The quantitative estimate of drug-likeness (QED) is 0.189. The first-order valence-electron chi connectivity index (χ1n) is 10.7. The number of nitro benzene ring substituents is 1. The van der Waals surface area contributed by atoms with Crippen molar-refractivity contribution in [1.82, 2.24) is 5.32 Å². The van der Waals surface area contributed by atoms with Crippen LogP contribution in [0.2, 0.25) is 5.02 Å². The number of alkyl halides is 3. The van der Waals surface area contributed by atoms with Crippen molar-refractivity contribution in [2.75, 3.05) is 4.90 Å². The molecule has 0 unspecified atom stereocenters. The number of carbonyl (C=O) groups is 3. The van der Waals surface area contributed by atoms with Crippen LogP contribution < -0.4 is 15.0 Å². The first-order valence-corrected chi connectivity index (χ1v) is 11.1. The summed E-state index contributed by atoms with van der Waals surface area (Å²) < 4.78 is 45.3. The Morgan fingerprint density at radius 2 is 1.74 bits per heavy atom. The highest BCUT2D eigenvalue weighted by atomic mass is 35.5. The summed E-state index contributed by atoms with van der Waals surface area (Å²) in [5.74, 6) is -1.89. The molecule has 3 aromatic carbocycles. The Kier molecular flexibility index (Phi) is 7.17. The molecule has 13 heteroatoms. The zero-order valence-electron chi connectivity index (χ0n) is 19.0. The van der Waals surface area contributed by atoms with Crippen LogP contribution in [-0.2, 0) is 22.4 Å². The van der Waals surface area contributed by atoms with E-state index < -0.39 is 45.8 Å². The lowest BCUT2D eigenvalue weighted by Crippen LogP contribution is -2.54. The Hall–Kier alpha value is -4.71. The molecule has 1 N–H and O–H groups in total. The molecule has 4 rings (SSSR count). The zero-order chi connectivity index (χ0) is 27.6. The van der Waals surface area contributed by atoms with Gasteiger partial charge in [0.25, 0.3) is 17.5 Å². The largest absolute Gasteiger partial charge is 0.489 e. The predicted molar refractivity (Wildman–Crippen MR) is 129 cm³/mol. The number of hydrogen-bond donors (Lipinski definition) is 1. The van der Waals surface area contributed by atoms with Gasteiger partial charge in [0.1, 0.15) is 17.9 Å². The van der Waals surface area contributed by atoms with Crippen LogP contribution in [0.15, 0.2) is 72.3 Å². The number of barbiturate groups is 1. The number of nitro groups is 1. The van der Waals surface area contributed by atoms with Crippen LogP contribution in [0.4, 0.5) is 29.3 Å². The third-order valence-electron chi connectivity index (χ3n) is 5.34. The monoisotopic (exact) mass is 545 g/mol. The summed E-state index contributed by atoms with van der Waals surface area (Å²) in [4.78, 5) is 48.5. The van der Waals surface area contributed by atoms with Crippen LogP contribution in [0.1, 0.15) is 16.7 Å². The lowest BCUT2D eigenvalue weighted by molar-refractivity contribution is -0.384. The molecule has 3 aromatic rings. The molecule has 0 saturated carbocycles. The minimum absolute atomic E-state index is 0.0633. The normalized spacial score (nSPS) is 15.0. The molecule has 0 aromatic heterocycles. The number of halogens is 4. The molecule has 1 aliphatic heterocycles. The van der Waals surface area contributed by atoms with Gasteiger partial charge in [0.2, 0.25) is 0 Å². The summed E-state index contributed by atoms with van der Waals surface area (Å²) in [6.07, 6.45) is -3.62. The second kappa shape index (κ2) is 10.3. The number of anilines is 1. The van der Waals surface area contributed by atoms with Gasteiger partial charge in [-0.15, -0.1) is 0 Å². The molecular formula is C25H15ClF3N3O6. The number of rotatable bonds is 6. The van der Waals surface area contributed by atoms with Gasteiger partial charge in [0.05, 0.1) is 21.2 Å². The van der Waals surface area contributed by atoms with Crippen molar-refractivity contribution in [3.05, 3.63) is 104 Å². The molecule has 1 saturated heterocycles. The SMILES string of the molecule is O=C1NC(=O)N(c2cc(C(F)(F)F)ccc2Cl)C(=O)/C1=C/c1cccc(OCc2ccc([N+](=O)[O-])cc2)c1. The van der Waals surface area contributed by atoms with Crippen LogP contribution in [0, 0.1) is 10.1 Å². The number of nitrogens with one attached hydrogen (secondary N) is 1. The van der Waals surface area contributed by atoms with Crippen molar-refractivity contribution in [3.63, 3.8) is 0 Å². The maximum Gasteiger partial charge on any atom is 0.416 e. The molecule has 0 atom stereocenters. The minimum Gasteiger partial charge on any atom is -0.489 e. The standard InChI is InChI=1S/C25H15ClF3N3O6/c26-20-9-6-16(25(27,28)29)12-21(20)31-23(34)19(22(33)30-24(31)35)11-15-2-1-3-18(10-15)38-13-14-4-7-17(8-5-14)32(36)37/h1-12H,13H2,(H,30,33,35)/b19-11+. The molecule has 1 aliphatic rings. The van der Waals surface area contributed by atoms with Crippen molar-refractivity contribution in [2.24, 2.45) is 0 Å². The van der Waals surface area contributed by atoms with Crippen LogP contribution in [0.5, 0.6) is 5.75 Å². The van der Waals surface area contributed by atoms with E-state index in [1.165, 1.54) is 36.4 Å². The lowest BCUT2D eigenvalue weighted by Gasteiger charge is -2.27. The minimum atomic E-state index is -4.77. The Balaban J connectivity index is 1.59. The van der Waals surface area contributed by atoms with Gasteiger partial charge in [0, 0.05) is 12.1 Å². The summed E-state index contributed by atoms with van der Waals surface area (Å²) in [6, 6.07) is 12.8. The highest BCUT2D eigenvalue weighted by Crippen LogP contribution is 2.36. The van der Waals surface area contributed by atoms with E-state index in [1.54, 1.807) is 12.1 Å². The van der Waals surface area contributed by atoms with Crippen molar-refractivity contribution in [3.8, 4) is 5.75 Å². The topological polar surface area (TPSA) is 119 Å². The summed E-state index contributed by atoms with van der Waals surface area (Å²) in [6.45, 7) is 0.0633. The van der Waals surface area contributed by atoms with Gasteiger partial charge >= 0.3 is 12.2 Å². The Morgan fingerprint density at radius 1 is 1.03 bits per heavy atom. The van der Waals surface area contributed by atoms with Gasteiger partial charge in [0.15, 0.2) is 0 Å². The predicted octanol–water partition coefficient (Wildman–Crippen LogP) is 5.51. The van der Waals surface area contributed by atoms with E-state index in [9.17, 15) is 37.7 Å². The van der Waals surface area contributed by atoms with Crippen molar-refractivity contribution in [2.45, 2.75) is 12.8 Å². The zero-order valence-corrected chi connectivity index (χ0v) is 19.7. The van der Waals surface area contributed by atoms with E-state index in [0.717, 1.165) is 12.1 Å². The summed E-state index contributed by atoms with van der Waals surface area (Å²) >= 11 is 5.99. The van der Waals surface area contributed by atoms with Crippen LogP contribution in [0.25, 0.3) is 6.08 Å². The van der Waals surface area contributed by atoms with E-state index in [-0.39, 0.29) is 17.3 Å². The molecule has 4 amide bonds. The maximum atomic E-state index is 13.2. The molecule has 9 nitrogen and oxygen atoms in total. The number of urea groups is 1. The molecule has 38 heavy (non-hydrogen) atoms. The molecule has 1 fully saturated rings. The Morgan fingerprint density at radius 3 is 2.39 bits per heavy atom. The number of amides is 4. The fourth-order valence-electron chi connectivity index (χ4n) is 3.48. The number of carbonyl (C=O) groups excluding carboxylic acids is 3. The fourth-order valence-corrected chi connectivity index (χ4v) is 3.68. The van der Waals surface area contributed by atoms with E-state index in [2.05, 4.69) is 0 Å². The number of benzene rings is 3. The second-order valence-corrected chi connectivity index (χ2v) is 8.31. The average Bonchev–Trinajstić information content (AvgIpc) is 2.86. The Labute approximate surface area is 217 Å². The van der Waals surface area contributed by atoms with E-state index in [1.807, 2.05) is 5.32 Å². The van der Waals surface area contributed by atoms with Crippen molar-refractivity contribution in [1.29, 1.82) is 0 Å². The molecule has 0 aliphatic carbocycles. The van der Waals surface area contributed by atoms with Gasteiger partial charge in [-0.1, -0.05) is 23.7 Å². The molecule has 194 valence electrons. The number of non-ortho nitro benzene ring substituents is 1. The smallest absolute Gasteiger partial charge is 0.416 e. The van der Waals surface area contributed by atoms with E-state index in [4.69, 9.17) is 16.3 Å². The lowest BCUT2D eigenvalue weighted by atomic mass is 10.1. The summed E-state index contributed by atoms with van der Waals surface area (Å²) in [5.41, 5.74) is -1.31. The van der Waals surface area contributed by atoms with Gasteiger partial charge in [-0.3, -0.25) is 25.0 Å².